The summed E-state index contributed by atoms with van der Waals surface area (Å²) in [6.07, 6.45) is 4.12. The summed E-state index contributed by atoms with van der Waals surface area (Å²) >= 11 is 1.61. The molecular weight excluding hydrogens is 310 g/mol. The summed E-state index contributed by atoms with van der Waals surface area (Å²) in [7, 11) is 2.02. The van der Waals surface area contributed by atoms with E-state index in [1.165, 1.54) is 6.42 Å². The number of nitrogens with one attached hydrogen (secondary N) is 2. The summed E-state index contributed by atoms with van der Waals surface area (Å²) < 4.78 is 2.09. The summed E-state index contributed by atoms with van der Waals surface area (Å²) in [6, 6.07) is 0. The molecule has 2 aromatic rings. The molecule has 1 atom stereocenters. The van der Waals surface area contributed by atoms with Crippen LogP contribution in [0.15, 0.2) is 16.1 Å². The Balaban J connectivity index is 1.73. The first-order valence-electron chi connectivity index (χ1n) is 7.98. The van der Waals surface area contributed by atoms with Crippen molar-refractivity contribution in [3.8, 4) is 0 Å². The molecule has 1 aliphatic heterocycles. The number of aromatic amines is 1. The van der Waals surface area contributed by atoms with Gasteiger partial charge in [0.15, 0.2) is 10.6 Å². The Hall–Kier alpha value is -1.60. The van der Waals surface area contributed by atoms with Gasteiger partial charge in [0.25, 0.3) is 0 Å². The lowest BCUT2D eigenvalue weighted by molar-refractivity contribution is 0.436. The maximum Gasteiger partial charge on any atom is 0.191 e. The molecule has 0 amide bonds. The molecular formula is C16H23N5OS. The van der Waals surface area contributed by atoms with E-state index < -0.39 is 0 Å². The van der Waals surface area contributed by atoms with Crippen molar-refractivity contribution in [2.24, 2.45) is 7.05 Å². The molecule has 1 aliphatic rings. The summed E-state index contributed by atoms with van der Waals surface area (Å²) in [6.45, 7) is 5.77. The number of pyridine rings is 1. The molecule has 2 N–H and O–H groups in total. The summed E-state index contributed by atoms with van der Waals surface area (Å²) in [4.78, 5) is 15.2. The van der Waals surface area contributed by atoms with Crippen LogP contribution in [0.5, 0.6) is 0 Å². The smallest absolute Gasteiger partial charge is 0.191 e. The average molecular weight is 333 g/mol. The van der Waals surface area contributed by atoms with Gasteiger partial charge in [0, 0.05) is 48.3 Å². The van der Waals surface area contributed by atoms with Crippen LogP contribution >= 0.6 is 11.8 Å². The van der Waals surface area contributed by atoms with Gasteiger partial charge in [-0.1, -0.05) is 11.8 Å². The Morgan fingerprint density at radius 1 is 1.39 bits per heavy atom. The molecule has 0 radical (unpaired) electrons. The van der Waals surface area contributed by atoms with Gasteiger partial charge in [0.1, 0.15) is 5.82 Å². The minimum Gasteiger partial charge on any atom is -0.364 e. The zero-order valence-electron chi connectivity index (χ0n) is 13.8. The van der Waals surface area contributed by atoms with E-state index in [1.54, 1.807) is 18.0 Å². The predicted octanol–water partition coefficient (Wildman–Crippen LogP) is 1.88. The van der Waals surface area contributed by atoms with E-state index in [2.05, 4.69) is 25.1 Å². The highest BCUT2D eigenvalue weighted by atomic mass is 32.2. The highest BCUT2D eigenvalue weighted by molar-refractivity contribution is 7.98. The zero-order valence-corrected chi connectivity index (χ0v) is 14.7. The molecule has 0 aromatic carbocycles. The molecule has 0 aliphatic carbocycles. The molecule has 23 heavy (non-hydrogen) atoms. The first kappa shape index (κ1) is 16.3. The number of aromatic nitrogens is 4. The topological polar surface area (TPSA) is 75.6 Å². The number of hydrogen-bond acceptors (Lipinski definition) is 5. The van der Waals surface area contributed by atoms with Crippen LogP contribution in [-0.2, 0) is 12.8 Å². The van der Waals surface area contributed by atoms with Crippen LogP contribution in [0, 0.1) is 13.8 Å². The third kappa shape index (κ3) is 3.35. The minimum absolute atomic E-state index is 0.117. The number of hydrogen-bond donors (Lipinski definition) is 2. The highest BCUT2D eigenvalue weighted by Crippen LogP contribution is 2.26. The van der Waals surface area contributed by atoms with Crippen LogP contribution in [0.25, 0.3) is 0 Å². The first-order valence-corrected chi connectivity index (χ1v) is 8.97. The van der Waals surface area contributed by atoms with Crippen molar-refractivity contribution in [2.75, 3.05) is 13.1 Å². The van der Waals surface area contributed by atoms with Crippen LogP contribution in [0.4, 0.5) is 0 Å². The number of aryl methyl sites for hydroxylation is 1. The Labute approximate surface area is 140 Å². The fraction of sp³-hybridized carbons (Fsp3) is 0.562. The molecule has 3 heterocycles. The van der Waals surface area contributed by atoms with Crippen molar-refractivity contribution in [3.05, 3.63) is 39.1 Å². The van der Waals surface area contributed by atoms with Gasteiger partial charge in [-0.2, -0.15) is 0 Å². The van der Waals surface area contributed by atoms with Gasteiger partial charge in [-0.15, -0.1) is 10.2 Å². The fourth-order valence-electron chi connectivity index (χ4n) is 2.97. The Bertz CT molecular complexity index is 745. The standard InChI is InChI=1S/C16H23N5OS/c1-10-7-18-13(11(2)14(10)22)9-23-16-20-19-15(21(16)3)12-5-4-6-17-8-12/h7,12,17H,4-6,8-9H2,1-3H3,(H,18,22)/t12-/m0/s1. The molecule has 2 aromatic heterocycles. The van der Waals surface area contributed by atoms with Crippen LogP contribution in [0.2, 0.25) is 0 Å². The zero-order chi connectivity index (χ0) is 16.4. The van der Waals surface area contributed by atoms with E-state index in [-0.39, 0.29) is 5.43 Å². The highest BCUT2D eigenvalue weighted by Gasteiger charge is 2.21. The number of piperidine rings is 1. The summed E-state index contributed by atoms with van der Waals surface area (Å²) in [5.41, 5.74) is 2.61. The van der Waals surface area contributed by atoms with Gasteiger partial charge in [-0.05, 0) is 33.2 Å². The van der Waals surface area contributed by atoms with Crippen LogP contribution in [-0.4, -0.2) is 32.8 Å². The van der Waals surface area contributed by atoms with Gasteiger partial charge in [-0.25, -0.2) is 0 Å². The van der Waals surface area contributed by atoms with Gasteiger partial charge in [-0.3, -0.25) is 4.79 Å². The Kier molecular flexibility index (Phi) is 4.87. The van der Waals surface area contributed by atoms with Crippen molar-refractivity contribution < 1.29 is 0 Å². The first-order chi connectivity index (χ1) is 11.1. The number of nitrogens with zero attached hydrogens (tertiary/aromatic N) is 3. The summed E-state index contributed by atoms with van der Waals surface area (Å²) in [5.74, 6) is 2.18. The third-order valence-electron chi connectivity index (χ3n) is 4.49. The van der Waals surface area contributed by atoms with E-state index >= 15 is 0 Å². The molecule has 3 rings (SSSR count). The van der Waals surface area contributed by atoms with E-state index in [4.69, 9.17) is 0 Å². The largest absolute Gasteiger partial charge is 0.364 e. The molecule has 7 heteroatoms. The molecule has 1 saturated heterocycles. The minimum atomic E-state index is 0.117. The Morgan fingerprint density at radius 3 is 2.96 bits per heavy atom. The van der Waals surface area contributed by atoms with Crippen molar-refractivity contribution in [2.45, 2.75) is 43.5 Å². The van der Waals surface area contributed by atoms with E-state index in [1.807, 2.05) is 20.9 Å². The number of H-pyrrole nitrogens is 1. The predicted molar refractivity (Wildman–Crippen MR) is 91.9 cm³/mol. The lowest BCUT2D eigenvalue weighted by Crippen LogP contribution is -2.29. The number of rotatable bonds is 4. The lowest BCUT2D eigenvalue weighted by Gasteiger charge is -2.21. The van der Waals surface area contributed by atoms with Gasteiger partial charge in [0.2, 0.25) is 0 Å². The molecule has 0 unspecified atom stereocenters. The van der Waals surface area contributed by atoms with Crippen molar-refractivity contribution >= 4 is 11.8 Å². The number of thioether (sulfide) groups is 1. The van der Waals surface area contributed by atoms with Gasteiger partial charge >= 0.3 is 0 Å². The van der Waals surface area contributed by atoms with E-state index in [0.29, 0.717) is 11.7 Å². The molecule has 124 valence electrons. The SMILES string of the molecule is Cc1c[nH]c(CSc2nnc([C@H]3CCCNC3)n2C)c(C)c1=O. The van der Waals surface area contributed by atoms with Gasteiger partial charge < -0.3 is 14.9 Å². The van der Waals surface area contributed by atoms with Crippen molar-refractivity contribution in [1.29, 1.82) is 0 Å². The quantitative estimate of drug-likeness (QED) is 0.836. The normalized spacial score (nSPS) is 18.3. The monoisotopic (exact) mass is 333 g/mol. The second-order valence-corrected chi connectivity index (χ2v) is 7.08. The molecule has 0 bridgehead atoms. The third-order valence-corrected chi connectivity index (χ3v) is 5.54. The molecule has 0 saturated carbocycles. The maximum atomic E-state index is 12.0. The molecule has 1 fully saturated rings. The molecule has 6 nitrogen and oxygen atoms in total. The maximum absolute atomic E-state index is 12.0. The fourth-order valence-corrected chi connectivity index (χ4v) is 3.93. The second kappa shape index (κ2) is 6.88. The summed E-state index contributed by atoms with van der Waals surface area (Å²) in [5, 5.41) is 13.0. The van der Waals surface area contributed by atoms with Crippen molar-refractivity contribution in [1.82, 2.24) is 25.1 Å². The van der Waals surface area contributed by atoms with Gasteiger partial charge in [0.05, 0.1) is 0 Å². The molecule has 0 spiro atoms. The Morgan fingerprint density at radius 2 is 2.22 bits per heavy atom. The van der Waals surface area contributed by atoms with E-state index in [0.717, 1.165) is 47.3 Å². The van der Waals surface area contributed by atoms with Crippen LogP contribution < -0.4 is 10.7 Å². The average Bonchev–Trinajstić information content (AvgIpc) is 2.94. The lowest BCUT2D eigenvalue weighted by atomic mass is 9.99. The van der Waals surface area contributed by atoms with Crippen LogP contribution in [0.1, 0.15) is 41.4 Å². The van der Waals surface area contributed by atoms with Crippen molar-refractivity contribution in [3.63, 3.8) is 0 Å². The van der Waals surface area contributed by atoms with Crippen LogP contribution in [0.3, 0.4) is 0 Å². The second-order valence-electron chi connectivity index (χ2n) is 6.14. The van der Waals surface area contributed by atoms with E-state index in [9.17, 15) is 4.79 Å².